The van der Waals surface area contributed by atoms with Gasteiger partial charge in [0.1, 0.15) is 22.9 Å². The minimum Gasteiger partial charge on any atom is -0.465 e. The predicted octanol–water partition coefficient (Wildman–Crippen LogP) is 3.53. The molecule has 122 valence electrons. The van der Waals surface area contributed by atoms with Gasteiger partial charge in [-0.1, -0.05) is 0 Å². The first kappa shape index (κ1) is 16.7. The van der Waals surface area contributed by atoms with Gasteiger partial charge >= 0.3 is 5.97 Å². The number of aryl methyl sites for hydroxylation is 2. The summed E-state index contributed by atoms with van der Waals surface area (Å²) in [7, 11) is 0. The van der Waals surface area contributed by atoms with Gasteiger partial charge in [0.25, 0.3) is 5.91 Å². The summed E-state index contributed by atoms with van der Waals surface area (Å²) in [4.78, 5) is 24.2. The molecule has 0 aliphatic heterocycles. The van der Waals surface area contributed by atoms with Crippen molar-refractivity contribution in [2.75, 3.05) is 5.32 Å². The summed E-state index contributed by atoms with van der Waals surface area (Å²) >= 11 is 0. The van der Waals surface area contributed by atoms with Crippen molar-refractivity contribution in [3.8, 4) is 0 Å². The number of hydrogen-bond acceptors (Lipinski definition) is 4. The Hall–Kier alpha value is -2.63. The lowest BCUT2D eigenvalue weighted by Crippen LogP contribution is -2.30. The molecular formula is C17H18FNO4. The Morgan fingerprint density at radius 3 is 2.26 bits per heavy atom. The van der Waals surface area contributed by atoms with Gasteiger partial charge in [0.15, 0.2) is 6.10 Å². The molecule has 1 aromatic carbocycles. The Labute approximate surface area is 133 Å². The van der Waals surface area contributed by atoms with E-state index in [-0.39, 0.29) is 0 Å². The summed E-state index contributed by atoms with van der Waals surface area (Å²) in [5, 5.41) is 2.55. The summed E-state index contributed by atoms with van der Waals surface area (Å²) in [5.74, 6) is -0.420. The number of hydrogen-bond donors (Lipinski definition) is 1. The number of furan rings is 1. The minimum atomic E-state index is -0.999. The van der Waals surface area contributed by atoms with Gasteiger partial charge < -0.3 is 14.5 Å². The van der Waals surface area contributed by atoms with Crippen LogP contribution in [0.25, 0.3) is 0 Å². The van der Waals surface area contributed by atoms with Crippen molar-refractivity contribution in [1.29, 1.82) is 0 Å². The molecule has 6 heteroatoms. The number of ether oxygens (including phenoxy) is 1. The van der Waals surface area contributed by atoms with Crippen LogP contribution in [0, 0.1) is 26.6 Å². The number of esters is 1. The van der Waals surface area contributed by atoms with Crippen molar-refractivity contribution in [3.05, 3.63) is 52.7 Å². The van der Waals surface area contributed by atoms with E-state index in [4.69, 9.17) is 9.15 Å². The fourth-order valence-corrected chi connectivity index (χ4v) is 2.14. The zero-order chi connectivity index (χ0) is 17.1. The first-order valence-corrected chi connectivity index (χ1v) is 7.13. The largest absolute Gasteiger partial charge is 0.465 e. The highest BCUT2D eigenvalue weighted by atomic mass is 19.1. The van der Waals surface area contributed by atoms with Gasteiger partial charge in [-0.3, -0.25) is 4.79 Å². The van der Waals surface area contributed by atoms with Crippen LogP contribution in [0.15, 0.2) is 28.7 Å². The SMILES string of the molecule is Cc1oc(C)c(C(=O)O[C@@H](C)C(=O)Nc2ccc(F)cc2)c1C. The Balaban J connectivity index is 2.03. The number of rotatable bonds is 4. The van der Waals surface area contributed by atoms with Crippen molar-refractivity contribution < 1.29 is 23.1 Å². The van der Waals surface area contributed by atoms with Crippen molar-refractivity contribution >= 4 is 17.6 Å². The number of anilines is 1. The number of halogens is 1. The highest BCUT2D eigenvalue weighted by molar-refractivity contribution is 5.98. The molecule has 0 radical (unpaired) electrons. The molecule has 5 nitrogen and oxygen atoms in total. The summed E-state index contributed by atoms with van der Waals surface area (Å²) < 4.78 is 23.4. The standard InChI is InChI=1S/C17H18FNO4/c1-9-10(2)22-11(3)15(9)17(21)23-12(4)16(20)19-14-7-5-13(18)6-8-14/h5-8,12H,1-4H3,(H,19,20)/t12-/m0/s1. The normalized spacial score (nSPS) is 11.9. The molecule has 0 bridgehead atoms. The maximum absolute atomic E-state index is 12.8. The van der Waals surface area contributed by atoms with Crippen molar-refractivity contribution in [3.63, 3.8) is 0 Å². The average molecular weight is 319 g/mol. The van der Waals surface area contributed by atoms with Gasteiger partial charge in [-0.2, -0.15) is 0 Å². The molecule has 1 heterocycles. The van der Waals surface area contributed by atoms with E-state index < -0.39 is 23.8 Å². The lowest BCUT2D eigenvalue weighted by molar-refractivity contribution is -0.123. The summed E-state index contributed by atoms with van der Waals surface area (Å²) in [6, 6.07) is 5.31. The van der Waals surface area contributed by atoms with E-state index in [1.807, 2.05) is 0 Å². The molecule has 0 saturated carbocycles. The number of benzene rings is 1. The highest BCUT2D eigenvalue weighted by Gasteiger charge is 2.24. The van der Waals surface area contributed by atoms with E-state index in [0.29, 0.717) is 28.3 Å². The van der Waals surface area contributed by atoms with Crippen LogP contribution in [0.2, 0.25) is 0 Å². The zero-order valence-corrected chi connectivity index (χ0v) is 13.4. The molecule has 0 unspecified atom stereocenters. The Kier molecular flexibility index (Phi) is 4.83. The topological polar surface area (TPSA) is 68.5 Å². The van der Waals surface area contributed by atoms with E-state index in [9.17, 15) is 14.0 Å². The van der Waals surface area contributed by atoms with Crippen LogP contribution in [0.5, 0.6) is 0 Å². The quantitative estimate of drug-likeness (QED) is 0.875. The number of amides is 1. The second-order valence-electron chi connectivity index (χ2n) is 5.26. The van der Waals surface area contributed by atoms with Crippen molar-refractivity contribution in [1.82, 2.24) is 0 Å². The van der Waals surface area contributed by atoms with Crippen LogP contribution >= 0.6 is 0 Å². The molecule has 1 atom stereocenters. The lowest BCUT2D eigenvalue weighted by atomic mass is 10.1. The third kappa shape index (κ3) is 3.77. The molecule has 23 heavy (non-hydrogen) atoms. The van der Waals surface area contributed by atoms with E-state index in [2.05, 4.69) is 5.32 Å². The highest BCUT2D eigenvalue weighted by Crippen LogP contribution is 2.22. The molecule has 0 aliphatic carbocycles. The molecule has 0 aliphatic rings. The third-order valence-electron chi connectivity index (χ3n) is 3.53. The Morgan fingerprint density at radius 1 is 1.13 bits per heavy atom. The Morgan fingerprint density at radius 2 is 1.74 bits per heavy atom. The predicted molar refractivity (Wildman–Crippen MR) is 82.8 cm³/mol. The van der Waals surface area contributed by atoms with E-state index in [1.54, 1.807) is 20.8 Å². The van der Waals surface area contributed by atoms with Crippen LogP contribution in [0.1, 0.15) is 34.4 Å². The molecule has 1 N–H and O–H groups in total. The van der Waals surface area contributed by atoms with E-state index >= 15 is 0 Å². The van der Waals surface area contributed by atoms with Gasteiger partial charge in [-0.05, 0) is 52.0 Å². The van der Waals surface area contributed by atoms with Gasteiger partial charge in [0.2, 0.25) is 0 Å². The molecule has 1 amide bonds. The summed E-state index contributed by atoms with van der Waals surface area (Å²) in [5.41, 5.74) is 1.45. The van der Waals surface area contributed by atoms with Gasteiger partial charge in [-0.15, -0.1) is 0 Å². The second kappa shape index (κ2) is 6.64. The lowest BCUT2D eigenvalue weighted by Gasteiger charge is -2.13. The molecule has 2 aromatic rings. The van der Waals surface area contributed by atoms with Gasteiger partial charge in [-0.25, -0.2) is 9.18 Å². The number of carbonyl (C=O) groups is 2. The van der Waals surface area contributed by atoms with Crippen molar-refractivity contribution in [2.24, 2.45) is 0 Å². The van der Waals surface area contributed by atoms with Gasteiger partial charge in [0, 0.05) is 11.3 Å². The molecule has 1 aromatic heterocycles. The van der Waals surface area contributed by atoms with E-state index in [0.717, 1.165) is 0 Å². The van der Waals surface area contributed by atoms with Crippen LogP contribution in [0.4, 0.5) is 10.1 Å². The third-order valence-corrected chi connectivity index (χ3v) is 3.53. The smallest absolute Gasteiger partial charge is 0.342 e. The van der Waals surface area contributed by atoms with Gasteiger partial charge in [0.05, 0.1) is 0 Å². The fourth-order valence-electron chi connectivity index (χ4n) is 2.14. The van der Waals surface area contributed by atoms with E-state index in [1.165, 1.54) is 31.2 Å². The molecular weight excluding hydrogens is 301 g/mol. The van der Waals surface area contributed by atoms with Crippen LogP contribution in [-0.2, 0) is 9.53 Å². The first-order valence-electron chi connectivity index (χ1n) is 7.13. The summed E-state index contributed by atoms with van der Waals surface area (Å²) in [6.45, 7) is 6.64. The summed E-state index contributed by atoms with van der Waals surface area (Å²) in [6.07, 6.45) is -0.999. The first-order chi connectivity index (χ1) is 10.8. The van der Waals surface area contributed by atoms with Crippen LogP contribution in [-0.4, -0.2) is 18.0 Å². The molecule has 0 spiro atoms. The molecule has 0 fully saturated rings. The van der Waals surface area contributed by atoms with Crippen LogP contribution < -0.4 is 5.32 Å². The molecule has 2 rings (SSSR count). The maximum Gasteiger partial charge on any atom is 0.342 e. The number of carbonyl (C=O) groups excluding carboxylic acids is 2. The maximum atomic E-state index is 12.8. The fraction of sp³-hybridized carbons (Fsp3) is 0.294. The van der Waals surface area contributed by atoms with Crippen molar-refractivity contribution in [2.45, 2.75) is 33.8 Å². The van der Waals surface area contributed by atoms with Crippen LogP contribution in [0.3, 0.4) is 0 Å². The Bertz CT molecular complexity index is 734. The zero-order valence-electron chi connectivity index (χ0n) is 13.4. The molecule has 0 saturated heterocycles. The number of nitrogens with one attached hydrogen (secondary N) is 1. The minimum absolute atomic E-state index is 0.337. The average Bonchev–Trinajstić information content (AvgIpc) is 2.74. The second-order valence-corrected chi connectivity index (χ2v) is 5.26. The monoisotopic (exact) mass is 319 g/mol.